The molecule has 0 fully saturated rings. The number of hydrogen-bond donors (Lipinski definition) is 0. The van der Waals surface area contributed by atoms with E-state index in [0.29, 0.717) is 50.0 Å². The minimum Gasteiger partial charge on any atom is -0.466 e. The summed E-state index contributed by atoms with van der Waals surface area (Å²) < 4.78 is 17.5. The highest BCUT2D eigenvalue weighted by molar-refractivity contribution is 5.69. The first-order valence-corrected chi connectivity index (χ1v) is 24.2. The van der Waals surface area contributed by atoms with Crippen molar-refractivity contribution in [1.29, 1.82) is 0 Å². The first-order valence-electron chi connectivity index (χ1n) is 24.2. The average molecular weight is 800 g/mol. The number of esters is 2. The Morgan fingerprint density at radius 1 is 0.579 bits per heavy atom. The molecule has 0 saturated heterocycles. The Morgan fingerprint density at radius 2 is 1.07 bits per heavy atom. The molecule has 0 rings (SSSR count). The third-order valence-corrected chi connectivity index (χ3v) is 11.5. The summed E-state index contributed by atoms with van der Waals surface area (Å²) in [6, 6.07) is 0.593. The van der Waals surface area contributed by atoms with Crippen LogP contribution in [0.1, 0.15) is 227 Å². The van der Waals surface area contributed by atoms with Crippen LogP contribution >= 0.6 is 0 Å². The molecule has 0 aliphatic heterocycles. The van der Waals surface area contributed by atoms with E-state index in [4.69, 9.17) is 14.2 Å². The maximum absolute atomic E-state index is 12.3. The van der Waals surface area contributed by atoms with E-state index in [1.54, 1.807) is 0 Å². The standard InChI is InChI=1S/C51H93NO5/c1-8-11-24-33-47(6)40-44-56-50(53)38-29-22-18-14-16-20-27-36-49(55-43-32-31-42-52(7)46(4)5)37-28-21-17-15-19-23-30-39-51(54)57-45-41-48(34-25-12-9-2)35-26-13-10-3/h34,46-49H,2,8,10-11,13-24,26-33,35-45H2,1,3-7H3. The smallest absolute Gasteiger partial charge is 0.305 e. The highest BCUT2D eigenvalue weighted by atomic mass is 16.5. The molecule has 6 heteroatoms. The second kappa shape index (κ2) is 42.1. The van der Waals surface area contributed by atoms with Crippen molar-refractivity contribution in [2.24, 2.45) is 11.8 Å². The van der Waals surface area contributed by atoms with Crippen LogP contribution in [0, 0.1) is 11.8 Å². The predicted octanol–water partition coefficient (Wildman–Crippen LogP) is 14.4. The fourth-order valence-corrected chi connectivity index (χ4v) is 7.24. The van der Waals surface area contributed by atoms with Gasteiger partial charge in [-0.3, -0.25) is 9.59 Å². The van der Waals surface area contributed by atoms with Crippen LogP contribution in [0.15, 0.2) is 29.8 Å². The first kappa shape index (κ1) is 54.9. The molecule has 0 saturated carbocycles. The van der Waals surface area contributed by atoms with Gasteiger partial charge in [0.2, 0.25) is 0 Å². The molecular formula is C51H93NO5. The Balaban J connectivity index is 4.19. The average Bonchev–Trinajstić information content (AvgIpc) is 3.19. The first-order chi connectivity index (χ1) is 27.7. The molecule has 0 aromatic rings. The van der Waals surface area contributed by atoms with Crippen LogP contribution in [0.2, 0.25) is 0 Å². The predicted molar refractivity (Wildman–Crippen MR) is 243 cm³/mol. The van der Waals surface area contributed by atoms with Crippen LogP contribution in [0.25, 0.3) is 0 Å². The van der Waals surface area contributed by atoms with Gasteiger partial charge >= 0.3 is 11.9 Å². The van der Waals surface area contributed by atoms with Gasteiger partial charge in [0.25, 0.3) is 0 Å². The third-order valence-electron chi connectivity index (χ3n) is 11.5. The summed E-state index contributed by atoms with van der Waals surface area (Å²) in [4.78, 5) is 26.8. The highest BCUT2D eigenvalue weighted by Crippen LogP contribution is 2.19. The van der Waals surface area contributed by atoms with E-state index in [-0.39, 0.29) is 11.9 Å². The topological polar surface area (TPSA) is 65.1 Å². The summed E-state index contributed by atoms with van der Waals surface area (Å²) in [6.45, 7) is 17.9. The second-order valence-electron chi connectivity index (χ2n) is 17.3. The van der Waals surface area contributed by atoms with Crippen molar-refractivity contribution in [1.82, 2.24) is 4.90 Å². The Bertz CT molecular complexity index is 1040. The molecule has 0 aliphatic carbocycles. The van der Waals surface area contributed by atoms with E-state index in [9.17, 15) is 9.59 Å². The molecule has 57 heavy (non-hydrogen) atoms. The van der Waals surface area contributed by atoms with Gasteiger partial charge in [-0.05, 0) is 115 Å². The minimum atomic E-state index is -0.0617. The Morgan fingerprint density at radius 3 is 1.60 bits per heavy atom. The van der Waals surface area contributed by atoms with Gasteiger partial charge in [0.05, 0.1) is 19.3 Å². The van der Waals surface area contributed by atoms with Crippen LogP contribution in [0.3, 0.4) is 0 Å². The molecule has 0 radical (unpaired) electrons. The van der Waals surface area contributed by atoms with E-state index in [2.05, 4.69) is 70.3 Å². The molecule has 0 aliphatic rings. The summed E-state index contributed by atoms with van der Waals surface area (Å²) in [6.07, 6.45) is 36.3. The number of nitrogens with zero attached hydrogens (tertiary/aromatic N) is 1. The number of unbranched alkanes of at least 4 members (excludes halogenated alkanes) is 17. The minimum absolute atomic E-state index is 0.0127. The second-order valence-corrected chi connectivity index (χ2v) is 17.3. The maximum atomic E-state index is 12.3. The molecule has 0 aromatic carbocycles. The molecule has 3 unspecified atom stereocenters. The van der Waals surface area contributed by atoms with Crippen LogP contribution < -0.4 is 0 Å². The number of hydrogen-bond acceptors (Lipinski definition) is 6. The van der Waals surface area contributed by atoms with Crippen molar-refractivity contribution in [3.63, 3.8) is 0 Å². The molecule has 6 nitrogen and oxygen atoms in total. The third kappa shape index (κ3) is 39.2. The molecule has 0 amide bonds. The maximum Gasteiger partial charge on any atom is 0.305 e. The van der Waals surface area contributed by atoms with E-state index in [0.717, 1.165) is 64.5 Å². The Hall–Kier alpha value is -2.06. The number of allylic oxidation sites excluding steroid dienone is 1. The monoisotopic (exact) mass is 800 g/mol. The molecule has 332 valence electrons. The lowest BCUT2D eigenvalue weighted by Gasteiger charge is -2.21. The molecular weight excluding hydrogens is 707 g/mol. The van der Waals surface area contributed by atoms with Gasteiger partial charge < -0.3 is 19.1 Å². The van der Waals surface area contributed by atoms with Gasteiger partial charge in [-0.2, -0.15) is 0 Å². The number of ether oxygens (including phenoxy) is 3. The van der Waals surface area contributed by atoms with Crippen molar-refractivity contribution < 1.29 is 23.8 Å². The summed E-state index contributed by atoms with van der Waals surface area (Å²) >= 11 is 0. The zero-order chi connectivity index (χ0) is 42.0. The number of carbonyl (C=O) groups is 2. The van der Waals surface area contributed by atoms with Crippen LogP contribution in [0.5, 0.6) is 0 Å². The van der Waals surface area contributed by atoms with Gasteiger partial charge in [0.1, 0.15) is 0 Å². The summed E-state index contributed by atoms with van der Waals surface area (Å²) in [7, 11) is 2.21. The van der Waals surface area contributed by atoms with Gasteiger partial charge in [-0.1, -0.05) is 154 Å². The van der Waals surface area contributed by atoms with Gasteiger partial charge in [-0.25, -0.2) is 0 Å². The van der Waals surface area contributed by atoms with E-state index >= 15 is 0 Å². The van der Waals surface area contributed by atoms with Crippen molar-refractivity contribution >= 4 is 11.9 Å². The van der Waals surface area contributed by atoms with Crippen molar-refractivity contribution in [2.45, 2.75) is 239 Å². The fraction of sp³-hybridized carbons (Fsp3) is 0.863. The van der Waals surface area contributed by atoms with Crippen molar-refractivity contribution in [2.75, 3.05) is 33.4 Å². The quantitative estimate of drug-likeness (QED) is 0.0348. The van der Waals surface area contributed by atoms with Crippen LogP contribution in [0.4, 0.5) is 0 Å². The lowest BCUT2D eigenvalue weighted by Crippen LogP contribution is -2.27. The number of rotatable bonds is 42. The molecule has 0 bridgehead atoms. The summed E-state index contributed by atoms with van der Waals surface area (Å²) in [5.41, 5.74) is 8.41. The van der Waals surface area contributed by atoms with E-state index in [1.165, 1.54) is 128 Å². The number of carbonyl (C=O) groups excluding carboxylic acids is 2. The molecule has 0 N–H and O–H groups in total. The molecule has 0 aromatic heterocycles. The van der Waals surface area contributed by atoms with Crippen molar-refractivity contribution in [3.8, 4) is 0 Å². The van der Waals surface area contributed by atoms with E-state index < -0.39 is 0 Å². The highest BCUT2D eigenvalue weighted by Gasteiger charge is 2.11. The lowest BCUT2D eigenvalue weighted by atomic mass is 9.98. The summed E-state index contributed by atoms with van der Waals surface area (Å²) in [5, 5.41) is 0. The zero-order valence-electron chi connectivity index (χ0n) is 38.6. The zero-order valence-corrected chi connectivity index (χ0v) is 38.6. The molecule has 3 atom stereocenters. The normalized spacial score (nSPS) is 12.8. The van der Waals surface area contributed by atoms with Gasteiger partial charge in [-0.15, -0.1) is 0 Å². The Labute approximate surface area is 354 Å². The molecule has 0 heterocycles. The van der Waals surface area contributed by atoms with Gasteiger partial charge in [0.15, 0.2) is 0 Å². The van der Waals surface area contributed by atoms with Crippen molar-refractivity contribution in [3.05, 3.63) is 29.8 Å². The SMILES string of the molecule is C=C=C=C=CC(CCCCC)CCOC(=O)CCCCCCCCCC(CCCCCCCCCC(=O)OCCC(C)CCCCC)OCCCCN(C)C(C)C. The van der Waals surface area contributed by atoms with Crippen LogP contribution in [-0.2, 0) is 23.8 Å². The largest absolute Gasteiger partial charge is 0.466 e. The summed E-state index contributed by atoms with van der Waals surface area (Å²) in [5.74, 6) is 0.928. The lowest BCUT2D eigenvalue weighted by molar-refractivity contribution is -0.145. The Kier molecular flexibility index (Phi) is 40.6. The van der Waals surface area contributed by atoms with Crippen LogP contribution in [-0.4, -0.2) is 62.4 Å². The molecule has 0 spiro atoms. The fourth-order valence-electron chi connectivity index (χ4n) is 7.24. The van der Waals surface area contributed by atoms with E-state index in [1.807, 2.05) is 6.08 Å². The van der Waals surface area contributed by atoms with Gasteiger partial charge in [0, 0.05) is 25.5 Å².